The van der Waals surface area contributed by atoms with E-state index in [0.29, 0.717) is 11.5 Å². The third-order valence-corrected chi connectivity index (χ3v) is 3.88. The number of piperazine rings is 1. The molecule has 0 amide bonds. The summed E-state index contributed by atoms with van der Waals surface area (Å²) >= 11 is 5.91. The second kappa shape index (κ2) is 5.60. The summed E-state index contributed by atoms with van der Waals surface area (Å²) in [6.45, 7) is 11.2. The number of hydrogen-bond acceptors (Lipinski definition) is 2. The van der Waals surface area contributed by atoms with Crippen molar-refractivity contribution in [3.05, 3.63) is 34.9 Å². The van der Waals surface area contributed by atoms with Gasteiger partial charge in [-0.3, -0.25) is 4.90 Å². The second-order valence-corrected chi connectivity index (χ2v) is 6.67. The molecule has 2 rings (SSSR count). The predicted octanol–water partition coefficient (Wildman–Crippen LogP) is 3.16. The van der Waals surface area contributed by atoms with Crippen LogP contribution in [0.1, 0.15) is 26.3 Å². The molecule has 1 unspecified atom stereocenters. The van der Waals surface area contributed by atoms with E-state index in [1.165, 1.54) is 5.56 Å². The van der Waals surface area contributed by atoms with Crippen molar-refractivity contribution < 1.29 is 0 Å². The van der Waals surface area contributed by atoms with E-state index >= 15 is 0 Å². The molecule has 1 aromatic rings. The summed E-state index contributed by atoms with van der Waals surface area (Å²) in [5.41, 5.74) is 1.66. The molecule has 1 fully saturated rings. The van der Waals surface area contributed by atoms with E-state index in [1.807, 2.05) is 12.1 Å². The van der Waals surface area contributed by atoms with Gasteiger partial charge in [-0.15, -0.1) is 0 Å². The molecule has 0 aliphatic carbocycles. The minimum Gasteiger partial charge on any atom is -0.311 e. The first-order valence-corrected chi connectivity index (χ1v) is 7.03. The third kappa shape index (κ3) is 3.71. The first-order chi connectivity index (χ1) is 8.45. The molecular formula is C15H23ClN2. The fourth-order valence-electron chi connectivity index (χ4n) is 2.38. The van der Waals surface area contributed by atoms with E-state index in [9.17, 15) is 0 Å². The zero-order chi connectivity index (χ0) is 13.2. The number of halogens is 1. The molecule has 0 spiro atoms. The van der Waals surface area contributed by atoms with Crippen LogP contribution in [0.2, 0.25) is 5.02 Å². The molecule has 100 valence electrons. The highest BCUT2D eigenvalue weighted by atomic mass is 35.5. The topological polar surface area (TPSA) is 15.3 Å². The van der Waals surface area contributed by atoms with Gasteiger partial charge < -0.3 is 5.32 Å². The standard InChI is InChI=1S/C15H23ClN2/c1-15(2,3)14-11-18(9-8-17-14)10-12-4-6-13(16)7-5-12/h4-7,14,17H,8-11H2,1-3H3. The van der Waals surface area contributed by atoms with Crippen molar-refractivity contribution in [2.24, 2.45) is 5.41 Å². The molecule has 1 atom stereocenters. The molecular weight excluding hydrogens is 244 g/mol. The van der Waals surface area contributed by atoms with Crippen LogP contribution in [0.25, 0.3) is 0 Å². The minimum atomic E-state index is 0.318. The molecule has 0 bridgehead atoms. The highest BCUT2D eigenvalue weighted by Crippen LogP contribution is 2.22. The summed E-state index contributed by atoms with van der Waals surface area (Å²) in [5, 5.41) is 4.43. The summed E-state index contributed by atoms with van der Waals surface area (Å²) in [4.78, 5) is 2.52. The SMILES string of the molecule is CC(C)(C)C1CN(Cc2ccc(Cl)cc2)CCN1. The Morgan fingerprint density at radius 3 is 2.56 bits per heavy atom. The Kier molecular flexibility index (Phi) is 4.31. The van der Waals surface area contributed by atoms with E-state index in [1.54, 1.807) is 0 Å². The zero-order valence-corrected chi connectivity index (χ0v) is 12.3. The number of nitrogens with zero attached hydrogens (tertiary/aromatic N) is 1. The van der Waals surface area contributed by atoms with Gasteiger partial charge in [0.15, 0.2) is 0 Å². The van der Waals surface area contributed by atoms with Gasteiger partial charge in [-0.2, -0.15) is 0 Å². The van der Waals surface area contributed by atoms with Crippen LogP contribution in [0.15, 0.2) is 24.3 Å². The van der Waals surface area contributed by atoms with Crippen molar-refractivity contribution in [2.45, 2.75) is 33.4 Å². The fraction of sp³-hybridized carbons (Fsp3) is 0.600. The maximum atomic E-state index is 5.91. The van der Waals surface area contributed by atoms with Gasteiger partial charge in [0.1, 0.15) is 0 Å². The van der Waals surface area contributed by atoms with Gasteiger partial charge in [0.2, 0.25) is 0 Å². The number of nitrogens with one attached hydrogen (secondary N) is 1. The smallest absolute Gasteiger partial charge is 0.0406 e. The second-order valence-electron chi connectivity index (χ2n) is 6.23. The Morgan fingerprint density at radius 1 is 1.28 bits per heavy atom. The van der Waals surface area contributed by atoms with Gasteiger partial charge in [0.05, 0.1) is 0 Å². The van der Waals surface area contributed by atoms with Gasteiger partial charge in [0, 0.05) is 37.2 Å². The van der Waals surface area contributed by atoms with Crippen molar-refractivity contribution in [3.63, 3.8) is 0 Å². The average molecular weight is 267 g/mol. The van der Waals surface area contributed by atoms with E-state index in [0.717, 1.165) is 31.2 Å². The molecule has 1 saturated heterocycles. The molecule has 0 saturated carbocycles. The molecule has 3 heteroatoms. The Balaban J connectivity index is 1.95. The van der Waals surface area contributed by atoms with Crippen molar-refractivity contribution in [3.8, 4) is 0 Å². The monoisotopic (exact) mass is 266 g/mol. The lowest BCUT2D eigenvalue weighted by atomic mass is 9.85. The molecule has 1 heterocycles. The first-order valence-electron chi connectivity index (χ1n) is 6.65. The molecule has 0 aromatic heterocycles. The highest BCUT2D eigenvalue weighted by molar-refractivity contribution is 6.30. The summed E-state index contributed by atoms with van der Waals surface area (Å²) in [6.07, 6.45) is 0. The predicted molar refractivity (Wildman–Crippen MR) is 78.0 cm³/mol. The van der Waals surface area contributed by atoms with E-state index in [2.05, 4.69) is 43.1 Å². The summed E-state index contributed by atoms with van der Waals surface area (Å²) in [7, 11) is 0. The van der Waals surface area contributed by atoms with E-state index in [4.69, 9.17) is 11.6 Å². The first kappa shape index (κ1) is 13.9. The van der Waals surface area contributed by atoms with E-state index < -0.39 is 0 Å². The molecule has 18 heavy (non-hydrogen) atoms. The lowest BCUT2D eigenvalue weighted by Gasteiger charge is -2.40. The minimum absolute atomic E-state index is 0.318. The Morgan fingerprint density at radius 2 is 1.94 bits per heavy atom. The molecule has 1 aliphatic heterocycles. The Bertz CT molecular complexity index is 380. The Labute approximate surface area is 115 Å². The van der Waals surface area contributed by atoms with Gasteiger partial charge in [0.25, 0.3) is 0 Å². The van der Waals surface area contributed by atoms with Crippen LogP contribution >= 0.6 is 11.6 Å². The summed E-state index contributed by atoms with van der Waals surface area (Å²) in [6, 6.07) is 8.76. The quantitative estimate of drug-likeness (QED) is 0.885. The van der Waals surface area contributed by atoms with Crippen LogP contribution in [0, 0.1) is 5.41 Å². The van der Waals surface area contributed by atoms with Gasteiger partial charge in [-0.1, -0.05) is 44.5 Å². The Hall–Kier alpha value is -0.570. The third-order valence-electron chi connectivity index (χ3n) is 3.62. The summed E-state index contributed by atoms with van der Waals surface area (Å²) in [5.74, 6) is 0. The van der Waals surface area contributed by atoms with Gasteiger partial charge in [-0.25, -0.2) is 0 Å². The van der Waals surface area contributed by atoms with Crippen LogP contribution in [0.3, 0.4) is 0 Å². The summed E-state index contributed by atoms with van der Waals surface area (Å²) < 4.78 is 0. The highest BCUT2D eigenvalue weighted by Gasteiger charge is 2.28. The number of hydrogen-bond donors (Lipinski definition) is 1. The van der Waals surface area contributed by atoms with Gasteiger partial charge in [-0.05, 0) is 23.1 Å². The zero-order valence-electron chi connectivity index (χ0n) is 11.5. The van der Waals surface area contributed by atoms with Crippen LogP contribution in [-0.2, 0) is 6.54 Å². The lowest BCUT2D eigenvalue weighted by molar-refractivity contribution is 0.129. The maximum Gasteiger partial charge on any atom is 0.0406 e. The molecule has 1 N–H and O–H groups in total. The van der Waals surface area contributed by atoms with Crippen LogP contribution < -0.4 is 5.32 Å². The largest absolute Gasteiger partial charge is 0.311 e. The fourth-order valence-corrected chi connectivity index (χ4v) is 2.51. The van der Waals surface area contributed by atoms with Crippen LogP contribution in [0.5, 0.6) is 0 Å². The van der Waals surface area contributed by atoms with Crippen molar-refractivity contribution in [2.75, 3.05) is 19.6 Å². The normalized spacial score (nSPS) is 22.1. The lowest BCUT2D eigenvalue weighted by Crippen LogP contribution is -2.55. The number of benzene rings is 1. The molecule has 0 radical (unpaired) electrons. The van der Waals surface area contributed by atoms with Gasteiger partial charge >= 0.3 is 0 Å². The average Bonchev–Trinajstić information content (AvgIpc) is 2.31. The number of rotatable bonds is 2. The molecule has 1 aliphatic rings. The molecule has 1 aromatic carbocycles. The van der Waals surface area contributed by atoms with Crippen molar-refractivity contribution in [1.29, 1.82) is 0 Å². The van der Waals surface area contributed by atoms with Crippen LogP contribution in [-0.4, -0.2) is 30.6 Å². The van der Waals surface area contributed by atoms with E-state index in [-0.39, 0.29) is 0 Å². The van der Waals surface area contributed by atoms with Crippen molar-refractivity contribution >= 4 is 11.6 Å². The van der Waals surface area contributed by atoms with Crippen LogP contribution in [0.4, 0.5) is 0 Å². The molecule has 2 nitrogen and oxygen atoms in total. The van der Waals surface area contributed by atoms with Crippen molar-refractivity contribution in [1.82, 2.24) is 10.2 Å². The maximum absolute atomic E-state index is 5.91.